The third-order valence-electron chi connectivity index (χ3n) is 4.77. The van der Waals surface area contributed by atoms with Crippen molar-refractivity contribution in [3.8, 4) is 0 Å². The fourth-order valence-corrected chi connectivity index (χ4v) is 4.47. The van der Waals surface area contributed by atoms with Crippen molar-refractivity contribution in [1.29, 1.82) is 0 Å². The van der Waals surface area contributed by atoms with Crippen LogP contribution in [-0.2, 0) is 20.4 Å². The van der Waals surface area contributed by atoms with Crippen molar-refractivity contribution in [1.82, 2.24) is 9.62 Å². The molecule has 0 saturated carbocycles. The molecule has 244 valence electrons. The van der Waals surface area contributed by atoms with Crippen molar-refractivity contribution in [2.75, 3.05) is 39.5 Å². The van der Waals surface area contributed by atoms with E-state index in [0.717, 1.165) is 19.6 Å². The molecule has 0 atom stereocenters. The second-order valence-electron chi connectivity index (χ2n) is 8.10. The summed E-state index contributed by atoms with van der Waals surface area (Å²) in [4.78, 5) is 7.04. The van der Waals surface area contributed by atoms with Crippen molar-refractivity contribution in [3.63, 3.8) is 0 Å². The van der Waals surface area contributed by atoms with Crippen LogP contribution in [0.25, 0.3) is 0 Å². The fourth-order valence-electron chi connectivity index (χ4n) is 3.28. The molecule has 0 aliphatic carbocycles. The van der Waals surface area contributed by atoms with E-state index in [0.29, 0.717) is 0 Å². The lowest BCUT2D eigenvalue weighted by atomic mass is 10.1. The standard InChI is InChI=1S/C17H34N2.C3H5F3N2O2S2.2CH5N.H2O4S/c1-3-5-6-7-8-9-10-11-12-13-14-17-18-15-16-19(17)4-2;4-3(5,6)1-12(9,10)8-2(7)11;2*1-2;1-5(2,3)4/h3-16H2,1-2H3;1H2,(H3,7,8,11);2*2H2,1H3;(H2,1,2,3,4). The Labute approximate surface area is 244 Å². The van der Waals surface area contributed by atoms with Gasteiger partial charge in [0.1, 0.15) is 0 Å². The Morgan fingerprint density at radius 1 is 0.925 bits per heavy atom. The Bertz CT molecular complexity index is 838. The molecule has 0 fully saturated rings. The second-order valence-corrected chi connectivity index (χ2v) is 11.2. The number of thiocarbonyl (C=S) groups is 1. The van der Waals surface area contributed by atoms with Gasteiger partial charge in [0.2, 0.25) is 10.0 Å². The molecule has 12 nitrogen and oxygen atoms in total. The average molecular weight is 649 g/mol. The van der Waals surface area contributed by atoms with Gasteiger partial charge in [-0.3, -0.25) is 18.8 Å². The molecule has 0 aromatic carbocycles. The van der Waals surface area contributed by atoms with Gasteiger partial charge in [0, 0.05) is 19.5 Å². The molecule has 1 aliphatic heterocycles. The Hall–Kier alpha value is -1.31. The molecule has 0 spiro atoms. The Morgan fingerprint density at radius 2 is 1.32 bits per heavy atom. The molecule has 0 radical (unpaired) electrons. The summed E-state index contributed by atoms with van der Waals surface area (Å²) >= 11 is 4.05. The number of likely N-dealkylation sites (N-methyl/N-ethyl adjacent to an activating group) is 1. The lowest BCUT2D eigenvalue weighted by Gasteiger charge is -2.17. The summed E-state index contributed by atoms with van der Waals surface area (Å²) in [6.07, 6.45) is 10.6. The number of nitrogens with one attached hydrogen (secondary N) is 1. The molecule has 40 heavy (non-hydrogen) atoms. The van der Waals surface area contributed by atoms with Gasteiger partial charge < -0.3 is 22.1 Å². The number of aliphatic imine (C=N–C) groups is 1. The minimum absolute atomic E-state index is 0.709. The SMILES string of the molecule is CCCCCCCCCCCCC1=NCCN1CC.CN.CN.NC(=S)NS(=O)(=O)CC(F)(F)F.O=S(=O)(O)O. The number of unbranched alkanes of at least 4 members (excludes halogenated alkanes) is 9. The first kappa shape index (κ1) is 45.7. The zero-order valence-electron chi connectivity index (χ0n) is 24.1. The van der Waals surface area contributed by atoms with Gasteiger partial charge in [-0.15, -0.1) is 0 Å². The highest BCUT2D eigenvalue weighted by Crippen LogP contribution is 2.16. The number of nitrogens with two attached hydrogens (primary N) is 3. The number of amidine groups is 1. The summed E-state index contributed by atoms with van der Waals surface area (Å²) in [5.74, 6) is -0.612. The number of hydrogen-bond acceptors (Lipinski definition) is 9. The highest BCUT2D eigenvalue weighted by atomic mass is 32.3. The third-order valence-corrected chi connectivity index (χ3v) is 6.24. The van der Waals surface area contributed by atoms with Crippen LogP contribution in [0.1, 0.15) is 84.5 Å². The minimum atomic E-state index is -4.80. The summed E-state index contributed by atoms with van der Waals surface area (Å²) in [6.45, 7) is 7.84. The van der Waals surface area contributed by atoms with Crippen molar-refractivity contribution >= 4 is 43.6 Å². The molecule has 0 unspecified atom stereocenters. The monoisotopic (exact) mass is 648 g/mol. The fraction of sp³-hybridized carbons (Fsp3) is 0.909. The number of nitrogens with zero attached hydrogens (tertiary/aromatic N) is 2. The van der Waals surface area contributed by atoms with E-state index in [1.807, 2.05) is 0 Å². The maximum absolute atomic E-state index is 11.5. The van der Waals surface area contributed by atoms with E-state index in [1.165, 1.54) is 95.3 Å². The molecule has 0 aromatic heterocycles. The van der Waals surface area contributed by atoms with Gasteiger partial charge in [0.15, 0.2) is 10.9 Å². The van der Waals surface area contributed by atoms with Crippen LogP contribution < -0.4 is 21.9 Å². The summed E-state index contributed by atoms with van der Waals surface area (Å²) in [6, 6.07) is 0. The van der Waals surface area contributed by atoms with E-state index in [9.17, 15) is 21.6 Å². The molecule has 1 heterocycles. The van der Waals surface area contributed by atoms with Crippen LogP contribution in [0.3, 0.4) is 0 Å². The predicted octanol–water partition coefficient (Wildman–Crippen LogP) is 3.24. The largest absolute Gasteiger partial charge is 0.404 e. The van der Waals surface area contributed by atoms with E-state index in [1.54, 1.807) is 0 Å². The maximum atomic E-state index is 11.5. The molecule has 9 N–H and O–H groups in total. The normalized spacial score (nSPS) is 12.7. The quantitative estimate of drug-likeness (QED) is 0.0913. The van der Waals surface area contributed by atoms with E-state index in [4.69, 9.17) is 17.5 Å². The summed E-state index contributed by atoms with van der Waals surface area (Å²) < 4.78 is 88.3. The van der Waals surface area contributed by atoms with Crippen molar-refractivity contribution < 1.29 is 39.1 Å². The van der Waals surface area contributed by atoms with Crippen molar-refractivity contribution in [2.24, 2.45) is 22.2 Å². The molecule has 18 heteroatoms. The third kappa shape index (κ3) is 41.2. The Balaban J connectivity index is -0.000000264. The first-order valence-electron chi connectivity index (χ1n) is 13.0. The molecule has 0 bridgehead atoms. The van der Waals surface area contributed by atoms with E-state index in [2.05, 4.69) is 53.2 Å². The van der Waals surface area contributed by atoms with Crippen LogP contribution in [0.15, 0.2) is 4.99 Å². The highest BCUT2D eigenvalue weighted by Gasteiger charge is 2.35. The minimum Gasteiger partial charge on any atom is -0.376 e. The lowest BCUT2D eigenvalue weighted by Crippen LogP contribution is -2.40. The first-order chi connectivity index (χ1) is 18.5. The first-order valence-corrected chi connectivity index (χ1v) is 16.5. The predicted molar refractivity (Wildman–Crippen MR) is 160 cm³/mol. The van der Waals surface area contributed by atoms with Crippen LogP contribution in [-0.4, -0.2) is 87.4 Å². The van der Waals surface area contributed by atoms with E-state index < -0.39 is 37.5 Å². The van der Waals surface area contributed by atoms with Gasteiger partial charge in [-0.05, 0) is 39.7 Å². The molecule has 1 aliphatic rings. The molecular weight excluding hydrogens is 597 g/mol. The van der Waals surface area contributed by atoms with Crippen LogP contribution in [0.5, 0.6) is 0 Å². The van der Waals surface area contributed by atoms with E-state index >= 15 is 0 Å². The molecule has 0 amide bonds. The smallest absolute Gasteiger partial charge is 0.376 e. The number of sulfonamides is 1. The lowest BCUT2D eigenvalue weighted by molar-refractivity contribution is -0.106. The maximum Gasteiger partial charge on any atom is 0.404 e. The zero-order valence-corrected chi connectivity index (χ0v) is 26.6. The molecule has 1 rings (SSSR count). The van der Waals surface area contributed by atoms with Crippen LogP contribution in [0.2, 0.25) is 0 Å². The van der Waals surface area contributed by atoms with Crippen molar-refractivity contribution in [2.45, 2.75) is 90.7 Å². The number of hydrogen-bond donors (Lipinski definition) is 6. The van der Waals surface area contributed by atoms with Crippen LogP contribution in [0, 0.1) is 0 Å². The number of alkyl halides is 3. The summed E-state index contributed by atoms with van der Waals surface area (Å²) in [7, 11) is -6.15. The molecule has 0 aromatic rings. The van der Waals surface area contributed by atoms with Crippen LogP contribution >= 0.6 is 12.2 Å². The topological polar surface area (TPSA) is 214 Å². The second kappa shape index (κ2) is 27.8. The van der Waals surface area contributed by atoms with Gasteiger partial charge >= 0.3 is 16.6 Å². The van der Waals surface area contributed by atoms with Gasteiger partial charge in [-0.25, -0.2) is 8.42 Å². The molecular formula is C22H51F3N6O6S3. The van der Waals surface area contributed by atoms with Gasteiger partial charge in [-0.2, -0.15) is 21.6 Å². The van der Waals surface area contributed by atoms with E-state index in [-0.39, 0.29) is 0 Å². The molecule has 0 saturated heterocycles. The number of rotatable bonds is 14. The van der Waals surface area contributed by atoms with Crippen molar-refractivity contribution in [3.05, 3.63) is 0 Å². The Morgan fingerprint density at radius 3 is 1.68 bits per heavy atom. The van der Waals surface area contributed by atoms with Gasteiger partial charge in [0.25, 0.3) is 0 Å². The summed E-state index contributed by atoms with van der Waals surface area (Å²) in [5, 5.41) is -0.709. The van der Waals surface area contributed by atoms with Crippen LogP contribution in [0.4, 0.5) is 13.2 Å². The van der Waals surface area contributed by atoms with Gasteiger partial charge in [0.05, 0.1) is 12.4 Å². The number of halogens is 3. The zero-order chi connectivity index (χ0) is 32.3. The summed E-state index contributed by atoms with van der Waals surface area (Å²) in [5.41, 5.74) is 13.7. The average Bonchev–Trinajstić information content (AvgIpc) is 3.27. The highest BCUT2D eigenvalue weighted by molar-refractivity contribution is 7.91. The van der Waals surface area contributed by atoms with Gasteiger partial charge in [-0.1, -0.05) is 64.7 Å². The Kier molecular flexibility index (Phi) is 31.8.